The first-order chi connectivity index (χ1) is 9.74. The Balaban J connectivity index is 2.38. The van der Waals surface area contributed by atoms with E-state index in [1.54, 1.807) is 19.2 Å². The van der Waals surface area contributed by atoms with Crippen LogP contribution in [-0.2, 0) is 20.2 Å². The van der Waals surface area contributed by atoms with Crippen LogP contribution in [0.15, 0.2) is 28.1 Å². The van der Waals surface area contributed by atoms with Crippen LogP contribution >= 0.6 is 0 Å². The molecular weight excluding hydrogens is 290 g/mol. The number of anilines is 1. The summed E-state index contributed by atoms with van der Waals surface area (Å²) in [6, 6.07) is 5.41. The number of sulfonamides is 1. The fourth-order valence-corrected chi connectivity index (χ4v) is 3.14. The highest BCUT2D eigenvalue weighted by Crippen LogP contribution is 2.31. The van der Waals surface area contributed by atoms with Crippen LogP contribution in [0.3, 0.4) is 0 Å². The van der Waals surface area contributed by atoms with Gasteiger partial charge in [-0.05, 0) is 23.1 Å². The maximum absolute atomic E-state index is 12.3. The Morgan fingerprint density at radius 3 is 2.62 bits per heavy atom. The second kappa shape index (κ2) is 5.65. The number of rotatable bonds is 3. The Hall–Kier alpha value is -1.60. The van der Waals surface area contributed by atoms with Gasteiger partial charge in [-0.2, -0.15) is 0 Å². The molecule has 6 nitrogen and oxygen atoms in total. The standard InChI is InChI=1S/C14H21N3O3S/c1-14(2,3)10-5-6-11-12(9-10)21(18,19)17-13(16-11)15-7-8-20-4/h5-6,9H,7-8H2,1-4H3,(H2,15,16,17). The molecule has 0 amide bonds. The highest BCUT2D eigenvalue weighted by atomic mass is 32.2. The highest BCUT2D eigenvalue weighted by Gasteiger charge is 2.28. The van der Waals surface area contributed by atoms with Crippen molar-refractivity contribution in [1.29, 1.82) is 0 Å². The number of hydrogen-bond acceptors (Lipinski definition) is 4. The first kappa shape index (κ1) is 15.8. The molecule has 0 radical (unpaired) electrons. The number of fused-ring (bicyclic) bond motifs is 1. The highest BCUT2D eigenvalue weighted by molar-refractivity contribution is 7.90. The number of aliphatic imine (C=N–C) groups is 1. The molecule has 2 N–H and O–H groups in total. The molecule has 1 aromatic carbocycles. The van der Waals surface area contributed by atoms with Crippen molar-refractivity contribution in [2.45, 2.75) is 31.1 Å². The Labute approximate surface area is 125 Å². The van der Waals surface area contributed by atoms with Gasteiger partial charge >= 0.3 is 0 Å². The Morgan fingerprint density at radius 2 is 2.00 bits per heavy atom. The van der Waals surface area contributed by atoms with Crippen molar-refractivity contribution < 1.29 is 13.2 Å². The molecule has 0 aliphatic carbocycles. The average molecular weight is 311 g/mol. The summed E-state index contributed by atoms with van der Waals surface area (Å²) in [7, 11) is -2.02. The summed E-state index contributed by atoms with van der Waals surface area (Å²) in [4.78, 5) is 4.38. The van der Waals surface area contributed by atoms with Gasteiger partial charge in [0.2, 0.25) is 5.96 Å². The number of hydrogen-bond donors (Lipinski definition) is 2. The molecule has 1 heterocycles. The third-order valence-corrected chi connectivity index (χ3v) is 4.57. The number of methoxy groups -OCH3 is 1. The monoisotopic (exact) mass is 311 g/mol. The number of nitrogens with one attached hydrogen (secondary N) is 2. The molecule has 1 aliphatic rings. The van der Waals surface area contributed by atoms with Crippen LogP contribution in [-0.4, -0.2) is 34.6 Å². The summed E-state index contributed by atoms with van der Waals surface area (Å²) >= 11 is 0. The first-order valence-corrected chi connectivity index (χ1v) is 8.20. The van der Waals surface area contributed by atoms with Gasteiger partial charge in [-0.3, -0.25) is 0 Å². The maximum atomic E-state index is 12.3. The Kier molecular flexibility index (Phi) is 4.25. The van der Waals surface area contributed by atoms with Gasteiger partial charge < -0.3 is 10.1 Å². The lowest BCUT2D eigenvalue weighted by Crippen LogP contribution is -2.41. The van der Waals surface area contributed by atoms with Gasteiger partial charge in [0.05, 0.1) is 18.8 Å². The summed E-state index contributed by atoms with van der Waals surface area (Å²) in [6.07, 6.45) is 0. The number of guanidine groups is 1. The second-order valence-electron chi connectivity index (χ2n) is 5.91. The van der Waals surface area contributed by atoms with Gasteiger partial charge in [-0.25, -0.2) is 18.1 Å². The molecule has 0 bridgehead atoms. The largest absolute Gasteiger partial charge is 0.383 e. The number of benzene rings is 1. The van der Waals surface area contributed by atoms with Crippen molar-refractivity contribution in [3.05, 3.63) is 23.8 Å². The summed E-state index contributed by atoms with van der Waals surface area (Å²) in [5.41, 5.74) is 1.39. The molecule has 21 heavy (non-hydrogen) atoms. The van der Waals surface area contributed by atoms with Crippen molar-refractivity contribution in [2.75, 3.05) is 25.6 Å². The van der Waals surface area contributed by atoms with Crippen LogP contribution in [0, 0.1) is 0 Å². The van der Waals surface area contributed by atoms with Crippen molar-refractivity contribution >= 4 is 21.7 Å². The minimum Gasteiger partial charge on any atom is -0.383 e. The zero-order valence-electron chi connectivity index (χ0n) is 12.7. The van der Waals surface area contributed by atoms with Gasteiger partial charge in [0.15, 0.2) is 0 Å². The van der Waals surface area contributed by atoms with Crippen LogP contribution in [0.25, 0.3) is 0 Å². The molecule has 0 atom stereocenters. The molecule has 2 rings (SSSR count). The van der Waals surface area contributed by atoms with E-state index in [1.165, 1.54) is 0 Å². The molecule has 7 heteroatoms. The predicted octanol–water partition coefficient (Wildman–Crippen LogP) is 1.69. The van der Waals surface area contributed by atoms with E-state index >= 15 is 0 Å². The lowest BCUT2D eigenvalue weighted by atomic mass is 9.87. The third-order valence-electron chi connectivity index (χ3n) is 3.19. The fraction of sp³-hybridized carbons (Fsp3) is 0.500. The minimum absolute atomic E-state index is 0.114. The van der Waals surface area contributed by atoms with Crippen LogP contribution in [0.1, 0.15) is 26.3 Å². The van der Waals surface area contributed by atoms with Gasteiger partial charge in [0.1, 0.15) is 4.90 Å². The van der Waals surface area contributed by atoms with E-state index in [-0.39, 0.29) is 16.3 Å². The SMILES string of the molecule is COCCN=C1Nc2ccc(C(C)(C)C)cc2S(=O)(=O)N1. The normalized spacial score (nSPS) is 18.8. The summed E-state index contributed by atoms with van der Waals surface area (Å²) in [5.74, 6) is 0.225. The van der Waals surface area contributed by atoms with Crippen molar-refractivity contribution in [2.24, 2.45) is 4.99 Å². The van der Waals surface area contributed by atoms with Crippen LogP contribution < -0.4 is 10.0 Å². The van der Waals surface area contributed by atoms with Gasteiger partial charge in [0, 0.05) is 7.11 Å². The van der Waals surface area contributed by atoms with E-state index in [4.69, 9.17) is 4.74 Å². The molecule has 0 aromatic heterocycles. The molecular formula is C14H21N3O3S. The maximum Gasteiger partial charge on any atom is 0.266 e. The summed E-state index contributed by atoms with van der Waals surface area (Å²) in [5, 5.41) is 2.99. The fourth-order valence-electron chi connectivity index (χ4n) is 1.97. The second-order valence-corrected chi connectivity index (χ2v) is 7.57. The average Bonchev–Trinajstić information content (AvgIpc) is 2.37. The Bertz CT molecular complexity index is 661. The minimum atomic E-state index is -3.60. The molecule has 0 saturated heterocycles. The first-order valence-electron chi connectivity index (χ1n) is 6.72. The molecule has 0 spiro atoms. The molecule has 0 saturated carbocycles. The zero-order valence-corrected chi connectivity index (χ0v) is 13.5. The Morgan fingerprint density at radius 1 is 1.29 bits per heavy atom. The van der Waals surface area contributed by atoms with Crippen molar-refractivity contribution in [1.82, 2.24) is 4.72 Å². The smallest absolute Gasteiger partial charge is 0.266 e. The van der Waals surface area contributed by atoms with Crippen molar-refractivity contribution in [3.8, 4) is 0 Å². The molecule has 1 aromatic rings. The van der Waals surface area contributed by atoms with Gasteiger partial charge in [0.25, 0.3) is 10.0 Å². The van der Waals surface area contributed by atoms with E-state index in [0.717, 1.165) is 5.56 Å². The number of ether oxygens (including phenoxy) is 1. The van der Waals surface area contributed by atoms with E-state index in [2.05, 4.69) is 15.0 Å². The van der Waals surface area contributed by atoms with E-state index in [0.29, 0.717) is 18.8 Å². The van der Waals surface area contributed by atoms with Crippen molar-refractivity contribution in [3.63, 3.8) is 0 Å². The van der Waals surface area contributed by atoms with E-state index in [9.17, 15) is 8.42 Å². The molecule has 1 aliphatic heterocycles. The van der Waals surface area contributed by atoms with E-state index < -0.39 is 10.0 Å². The summed E-state index contributed by atoms with van der Waals surface area (Å²) < 4.78 is 32.0. The topological polar surface area (TPSA) is 79.8 Å². The molecule has 0 unspecified atom stereocenters. The molecule has 0 fully saturated rings. The third kappa shape index (κ3) is 3.54. The summed E-state index contributed by atoms with van der Waals surface area (Å²) in [6.45, 7) is 6.95. The lowest BCUT2D eigenvalue weighted by molar-refractivity contribution is 0.208. The number of nitrogens with zero attached hydrogens (tertiary/aromatic N) is 1. The van der Waals surface area contributed by atoms with Crippen LogP contribution in [0.2, 0.25) is 0 Å². The lowest BCUT2D eigenvalue weighted by Gasteiger charge is -2.25. The predicted molar refractivity (Wildman–Crippen MR) is 83.3 cm³/mol. The molecule has 116 valence electrons. The zero-order chi connectivity index (χ0) is 15.7. The van der Waals surface area contributed by atoms with Crippen LogP contribution in [0.4, 0.5) is 5.69 Å². The van der Waals surface area contributed by atoms with Gasteiger partial charge in [-0.15, -0.1) is 0 Å². The van der Waals surface area contributed by atoms with E-state index in [1.807, 2.05) is 26.8 Å². The van der Waals surface area contributed by atoms with Crippen LogP contribution in [0.5, 0.6) is 0 Å². The van der Waals surface area contributed by atoms with Gasteiger partial charge in [-0.1, -0.05) is 26.8 Å². The quantitative estimate of drug-likeness (QED) is 0.833.